The molecule has 0 amide bonds. The summed E-state index contributed by atoms with van der Waals surface area (Å²) in [5.41, 5.74) is 5.80. The fourth-order valence-electron chi connectivity index (χ4n) is 2.04. The molecule has 2 rings (SSSR count). The van der Waals surface area contributed by atoms with E-state index in [2.05, 4.69) is 4.98 Å². The summed E-state index contributed by atoms with van der Waals surface area (Å²) in [6.07, 6.45) is -4.52. The van der Waals surface area contributed by atoms with Gasteiger partial charge in [-0.2, -0.15) is 13.2 Å². The summed E-state index contributed by atoms with van der Waals surface area (Å²) in [6, 6.07) is 7.05. The zero-order chi connectivity index (χ0) is 16.3. The number of nitrogens with two attached hydrogens (primary N) is 1. The molecule has 0 radical (unpaired) electrons. The number of halogens is 3. The number of methoxy groups -OCH3 is 2. The highest BCUT2D eigenvalue weighted by atomic mass is 19.4. The summed E-state index contributed by atoms with van der Waals surface area (Å²) < 4.78 is 48.8. The highest BCUT2D eigenvalue weighted by molar-refractivity contribution is 5.67. The molecule has 2 N–H and O–H groups in total. The van der Waals surface area contributed by atoms with Gasteiger partial charge in [0.05, 0.1) is 19.9 Å². The molecular formula is C15H15F3N2O2. The molecule has 0 saturated heterocycles. The van der Waals surface area contributed by atoms with Crippen molar-refractivity contribution in [2.75, 3.05) is 14.2 Å². The van der Waals surface area contributed by atoms with Crippen LogP contribution in [0.1, 0.15) is 11.3 Å². The van der Waals surface area contributed by atoms with Crippen molar-refractivity contribution in [2.45, 2.75) is 12.7 Å². The van der Waals surface area contributed by atoms with E-state index in [0.717, 1.165) is 6.07 Å². The van der Waals surface area contributed by atoms with Crippen LogP contribution in [0.3, 0.4) is 0 Å². The lowest BCUT2D eigenvalue weighted by Crippen LogP contribution is -2.11. The lowest BCUT2D eigenvalue weighted by molar-refractivity contribution is -0.141. The Bertz CT molecular complexity index is 672. The predicted molar refractivity (Wildman–Crippen MR) is 75.7 cm³/mol. The van der Waals surface area contributed by atoms with E-state index in [1.54, 1.807) is 18.2 Å². The van der Waals surface area contributed by atoms with Crippen LogP contribution in [0.15, 0.2) is 30.3 Å². The molecule has 1 aromatic heterocycles. The molecule has 118 valence electrons. The summed E-state index contributed by atoms with van der Waals surface area (Å²) in [5.74, 6) is 0.884. The number of ether oxygens (including phenoxy) is 2. The molecule has 0 bridgehead atoms. The van der Waals surface area contributed by atoms with Crippen LogP contribution in [-0.4, -0.2) is 19.2 Å². The Morgan fingerprint density at radius 2 is 1.73 bits per heavy atom. The minimum atomic E-state index is -4.52. The van der Waals surface area contributed by atoms with Crippen molar-refractivity contribution >= 4 is 0 Å². The Hall–Kier alpha value is -2.28. The molecule has 7 heteroatoms. The van der Waals surface area contributed by atoms with Gasteiger partial charge < -0.3 is 15.2 Å². The maximum Gasteiger partial charge on any atom is 0.433 e. The summed E-state index contributed by atoms with van der Waals surface area (Å²) in [6.45, 7) is 0.0782. The quantitative estimate of drug-likeness (QED) is 0.941. The fraction of sp³-hybridized carbons (Fsp3) is 0.267. The molecule has 0 aliphatic carbocycles. The summed E-state index contributed by atoms with van der Waals surface area (Å²) >= 11 is 0. The molecule has 0 aliphatic rings. The number of alkyl halides is 3. The third kappa shape index (κ3) is 3.14. The van der Waals surface area contributed by atoms with Crippen molar-refractivity contribution in [1.82, 2.24) is 4.98 Å². The van der Waals surface area contributed by atoms with Gasteiger partial charge in [-0.1, -0.05) is 6.07 Å². The zero-order valence-corrected chi connectivity index (χ0v) is 12.1. The number of hydrogen-bond donors (Lipinski definition) is 1. The van der Waals surface area contributed by atoms with E-state index in [1.807, 2.05) is 0 Å². The van der Waals surface area contributed by atoms with Gasteiger partial charge in [0.25, 0.3) is 0 Å². The van der Waals surface area contributed by atoms with Crippen LogP contribution in [0, 0.1) is 0 Å². The van der Waals surface area contributed by atoms with Gasteiger partial charge in [-0.05, 0) is 29.8 Å². The normalized spacial score (nSPS) is 11.4. The van der Waals surface area contributed by atoms with Gasteiger partial charge in [-0.15, -0.1) is 0 Å². The monoisotopic (exact) mass is 312 g/mol. The maximum absolute atomic E-state index is 12.8. The van der Waals surface area contributed by atoms with Gasteiger partial charge >= 0.3 is 6.18 Å². The SMILES string of the molecule is COc1ccc(-c2nc(C(F)(F)F)ccc2CN)cc1OC. The largest absolute Gasteiger partial charge is 0.493 e. The maximum atomic E-state index is 12.8. The van der Waals surface area contributed by atoms with Gasteiger partial charge in [0.15, 0.2) is 11.5 Å². The molecule has 1 aromatic carbocycles. The van der Waals surface area contributed by atoms with Gasteiger partial charge in [0.2, 0.25) is 0 Å². The Labute approximate surface area is 125 Å². The van der Waals surface area contributed by atoms with Crippen LogP contribution < -0.4 is 15.2 Å². The van der Waals surface area contributed by atoms with Crippen LogP contribution in [0.5, 0.6) is 11.5 Å². The molecule has 0 fully saturated rings. The molecule has 4 nitrogen and oxygen atoms in total. The van der Waals surface area contributed by atoms with Gasteiger partial charge in [-0.3, -0.25) is 0 Å². The molecule has 0 aliphatic heterocycles. The Balaban J connectivity index is 2.60. The first-order chi connectivity index (χ1) is 10.4. The number of benzene rings is 1. The molecule has 0 atom stereocenters. The minimum Gasteiger partial charge on any atom is -0.493 e. The number of pyridine rings is 1. The number of aromatic nitrogens is 1. The van der Waals surface area contributed by atoms with E-state index in [4.69, 9.17) is 15.2 Å². The van der Waals surface area contributed by atoms with Gasteiger partial charge in [-0.25, -0.2) is 4.98 Å². The highest BCUT2D eigenvalue weighted by Crippen LogP contribution is 2.35. The standard InChI is InChI=1S/C15H15F3N2O2/c1-21-11-5-3-9(7-12(11)22-2)14-10(8-19)4-6-13(20-14)15(16,17)18/h3-7H,8,19H2,1-2H3. The lowest BCUT2D eigenvalue weighted by atomic mass is 10.0. The van der Waals surface area contributed by atoms with Crippen LogP contribution in [0.25, 0.3) is 11.3 Å². The molecule has 2 aromatic rings. The second-order valence-corrected chi connectivity index (χ2v) is 4.48. The third-order valence-corrected chi connectivity index (χ3v) is 3.15. The van der Waals surface area contributed by atoms with E-state index >= 15 is 0 Å². The van der Waals surface area contributed by atoms with Crippen molar-refractivity contribution in [3.8, 4) is 22.8 Å². The van der Waals surface area contributed by atoms with Crippen LogP contribution >= 0.6 is 0 Å². The molecule has 0 saturated carbocycles. The van der Waals surface area contributed by atoms with Crippen LogP contribution in [0.4, 0.5) is 13.2 Å². The molecule has 0 spiro atoms. The van der Waals surface area contributed by atoms with Gasteiger partial charge in [0, 0.05) is 12.1 Å². The smallest absolute Gasteiger partial charge is 0.433 e. The molecular weight excluding hydrogens is 297 g/mol. The van der Waals surface area contributed by atoms with Gasteiger partial charge in [0.1, 0.15) is 5.69 Å². The second-order valence-electron chi connectivity index (χ2n) is 4.48. The van der Waals surface area contributed by atoms with E-state index < -0.39 is 11.9 Å². The van der Waals surface area contributed by atoms with Crippen molar-refractivity contribution in [2.24, 2.45) is 5.73 Å². The third-order valence-electron chi connectivity index (χ3n) is 3.15. The average molecular weight is 312 g/mol. The summed E-state index contributed by atoms with van der Waals surface area (Å²) in [5, 5.41) is 0. The molecule has 22 heavy (non-hydrogen) atoms. The Morgan fingerprint density at radius 1 is 1.05 bits per heavy atom. The van der Waals surface area contributed by atoms with E-state index in [1.165, 1.54) is 20.3 Å². The Kier molecular flexibility index (Phi) is 4.56. The van der Waals surface area contributed by atoms with E-state index in [-0.39, 0.29) is 12.2 Å². The predicted octanol–water partition coefficient (Wildman–Crippen LogP) is 3.24. The topological polar surface area (TPSA) is 57.4 Å². The fourth-order valence-corrected chi connectivity index (χ4v) is 2.04. The van der Waals surface area contributed by atoms with Crippen LogP contribution in [-0.2, 0) is 12.7 Å². The van der Waals surface area contributed by atoms with Crippen molar-refractivity contribution in [3.05, 3.63) is 41.6 Å². The van der Waals surface area contributed by atoms with Crippen molar-refractivity contribution < 1.29 is 22.6 Å². The van der Waals surface area contributed by atoms with E-state index in [0.29, 0.717) is 22.6 Å². The van der Waals surface area contributed by atoms with Crippen LogP contribution in [0.2, 0.25) is 0 Å². The number of rotatable bonds is 4. The summed E-state index contributed by atoms with van der Waals surface area (Å²) in [4.78, 5) is 3.71. The lowest BCUT2D eigenvalue weighted by Gasteiger charge is -2.14. The highest BCUT2D eigenvalue weighted by Gasteiger charge is 2.33. The zero-order valence-electron chi connectivity index (χ0n) is 12.1. The van der Waals surface area contributed by atoms with Crippen molar-refractivity contribution in [3.63, 3.8) is 0 Å². The Morgan fingerprint density at radius 3 is 2.27 bits per heavy atom. The minimum absolute atomic E-state index is 0.0782. The average Bonchev–Trinajstić information content (AvgIpc) is 2.52. The second kappa shape index (κ2) is 6.23. The number of hydrogen-bond acceptors (Lipinski definition) is 4. The number of nitrogens with zero attached hydrogens (tertiary/aromatic N) is 1. The molecule has 1 heterocycles. The first-order valence-corrected chi connectivity index (χ1v) is 6.40. The summed E-state index contributed by atoms with van der Waals surface area (Å²) in [7, 11) is 2.93. The van der Waals surface area contributed by atoms with E-state index in [9.17, 15) is 13.2 Å². The van der Waals surface area contributed by atoms with Crippen molar-refractivity contribution in [1.29, 1.82) is 0 Å². The first kappa shape index (κ1) is 16.1. The first-order valence-electron chi connectivity index (χ1n) is 6.40. The molecule has 0 unspecified atom stereocenters.